The second-order valence-electron chi connectivity index (χ2n) is 15.6. The van der Waals surface area contributed by atoms with Gasteiger partial charge in [0.1, 0.15) is 17.7 Å². The third-order valence-corrected chi connectivity index (χ3v) is 12.3. The number of ether oxygens (including phenoxy) is 2. The van der Waals surface area contributed by atoms with Crippen molar-refractivity contribution >= 4 is 23.6 Å². The van der Waals surface area contributed by atoms with E-state index < -0.39 is 18.2 Å². The minimum absolute atomic E-state index is 0.0830. The Kier molecular flexibility index (Phi) is 10.8. The number of likely N-dealkylation sites (tertiary alicyclic amines) is 1. The van der Waals surface area contributed by atoms with Crippen molar-refractivity contribution in [3.05, 3.63) is 102 Å². The molecule has 3 amide bonds. The Morgan fingerprint density at radius 2 is 1.42 bits per heavy atom. The minimum Gasteiger partial charge on any atom is -0.453 e. The van der Waals surface area contributed by atoms with E-state index in [-0.39, 0.29) is 29.7 Å². The van der Waals surface area contributed by atoms with Crippen LogP contribution in [0.25, 0.3) is 33.6 Å². The molecule has 8 rings (SSSR count). The summed E-state index contributed by atoms with van der Waals surface area (Å²) in [6.07, 6.45) is 7.34. The Morgan fingerprint density at radius 1 is 0.825 bits per heavy atom. The highest BCUT2D eigenvalue weighted by molar-refractivity contribution is 5.87. The van der Waals surface area contributed by atoms with Gasteiger partial charge in [0.05, 0.1) is 49.0 Å². The molecule has 7 atom stereocenters. The number of fused-ring (bicyclic) bond motifs is 2. The van der Waals surface area contributed by atoms with Crippen molar-refractivity contribution in [2.45, 2.75) is 69.7 Å². The summed E-state index contributed by atoms with van der Waals surface area (Å²) >= 11 is 0. The number of nitrogens with two attached hydrogens (primary N) is 1. The second kappa shape index (κ2) is 16.3. The molecular formula is C44H50N8O5. The highest BCUT2D eigenvalue weighted by Crippen LogP contribution is 2.56. The number of anilines is 1. The van der Waals surface area contributed by atoms with E-state index in [9.17, 15) is 14.4 Å². The number of nitrogens with one attached hydrogen (secondary N) is 4. The number of hydrogen-bond donors (Lipinski definition) is 5. The fraction of sp³-hybridized carbons (Fsp3) is 0.386. The van der Waals surface area contributed by atoms with E-state index in [1.54, 1.807) is 18.0 Å². The lowest BCUT2D eigenvalue weighted by Crippen LogP contribution is -2.54. The third kappa shape index (κ3) is 7.76. The highest BCUT2D eigenvalue weighted by Gasteiger charge is 2.52. The monoisotopic (exact) mass is 770 g/mol. The highest BCUT2D eigenvalue weighted by atomic mass is 16.5. The largest absolute Gasteiger partial charge is 0.453 e. The molecule has 5 aromatic rings. The smallest absolute Gasteiger partial charge is 0.407 e. The van der Waals surface area contributed by atoms with Gasteiger partial charge in [0.2, 0.25) is 11.8 Å². The molecule has 1 aliphatic heterocycles. The first-order valence-electron chi connectivity index (χ1n) is 19.8. The summed E-state index contributed by atoms with van der Waals surface area (Å²) < 4.78 is 10.2. The van der Waals surface area contributed by atoms with Crippen LogP contribution in [0.5, 0.6) is 0 Å². The molecule has 3 unspecified atom stereocenters. The first-order valence-corrected chi connectivity index (χ1v) is 19.8. The summed E-state index contributed by atoms with van der Waals surface area (Å²) in [4.78, 5) is 57.5. The van der Waals surface area contributed by atoms with Gasteiger partial charge in [-0.25, -0.2) is 14.8 Å². The van der Waals surface area contributed by atoms with Crippen LogP contribution in [0, 0.1) is 17.8 Å². The van der Waals surface area contributed by atoms with Crippen molar-refractivity contribution in [3.8, 4) is 33.6 Å². The van der Waals surface area contributed by atoms with Crippen LogP contribution in [0.3, 0.4) is 0 Å². The molecule has 3 heterocycles. The molecule has 2 saturated carbocycles. The molecule has 0 radical (unpaired) electrons. The lowest BCUT2D eigenvalue weighted by Gasteiger charge is -2.30. The summed E-state index contributed by atoms with van der Waals surface area (Å²) in [6, 6.07) is 23.2. The number of nitrogens with zero attached hydrogens (tertiary/aromatic N) is 3. The van der Waals surface area contributed by atoms with Crippen LogP contribution >= 0.6 is 0 Å². The average molecular weight is 771 g/mol. The van der Waals surface area contributed by atoms with E-state index in [4.69, 9.17) is 20.2 Å². The maximum atomic E-state index is 13.6. The number of amides is 3. The molecule has 6 N–H and O–H groups in total. The maximum absolute atomic E-state index is 13.6. The van der Waals surface area contributed by atoms with Gasteiger partial charge in [0, 0.05) is 31.8 Å². The van der Waals surface area contributed by atoms with E-state index in [0.29, 0.717) is 36.4 Å². The van der Waals surface area contributed by atoms with Gasteiger partial charge in [0.15, 0.2) is 0 Å². The summed E-state index contributed by atoms with van der Waals surface area (Å²) in [5.74, 6) is 2.31. The molecule has 296 valence electrons. The molecule has 57 heavy (non-hydrogen) atoms. The lowest BCUT2D eigenvalue weighted by atomic mass is 9.78. The number of methoxy groups -OCH3 is 2. The number of aromatic amines is 2. The van der Waals surface area contributed by atoms with Crippen molar-refractivity contribution in [3.63, 3.8) is 0 Å². The Bertz CT molecular complexity index is 2200. The van der Waals surface area contributed by atoms with Gasteiger partial charge in [-0.3, -0.25) is 9.59 Å². The van der Waals surface area contributed by atoms with Crippen LogP contribution in [0.2, 0.25) is 0 Å². The molecule has 13 heteroatoms. The number of H-pyrrole nitrogens is 2. The van der Waals surface area contributed by atoms with Gasteiger partial charge in [-0.1, -0.05) is 60.7 Å². The lowest BCUT2D eigenvalue weighted by molar-refractivity contribution is -0.137. The van der Waals surface area contributed by atoms with E-state index in [1.807, 2.05) is 30.5 Å². The van der Waals surface area contributed by atoms with Gasteiger partial charge in [0.25, 0.3) is 0 Å². The zero-order chi connectivity index (χ0) is 39.6. The van der Waals surface area contributed by atoms with Gasteiger partial charge in [-0.2, -0.15) is 0 Å². The van der Waals surface area contributed by atoms with E-state index >= 15 is 0 Å². The van der Waals surface area contributed by atoms with Crippen LogP contribution in [-0.2, 0) is 25.6 Å². The zero-order valence-electron chi connectivity index (χ0n) is 32.5. The van der Waals surface area contributed by atoms with E-state index in [1.165, 1.54) is 14.2 Å². The minimum atomic E-state index is -0.886. The number of alkyl carbamates (subject to hydrolysis) is 1. The normalized spacial score (nSPS) is 22.3. The van der Waals surface area contributed by atoms with Crippen LogP contribution in [0.1, 0.15) is 68.2 Å². The zero-order valence-corrected chi connectivity index (χ0v) is 32.5. The molecule has 2 aliphatic carbocycles. The second-order valence-corrected chi connectivity index (χ2v) is 15.6. The topological polar surface area (TPSA) is 180 Å². The van der Waals surface area contributed by atoms with Crippen LogP contribution in [-0.4, -0.2) is 75.7 Å². The number of benzene rings is 3. The number of rotatable bonds is 12. The molecule has 0 spiro atoms. The van der Waals surface area contributed by atoms with Gasteiger partial charge >= 0.3 is 6.09 Å². The van der Waals surface area contributed by atoms with Gasteiger partial charge < -0.3 is 40.7 Å². The molecular weight excluding hydrogens is 721 g/mol. The number of carbonyl (C=O) groups is 3. The number of carbonyl (C=O) groups excluding carboxylic acids is 3. The van der Waals surface area contributed by atoms with Crippen molar-refractivity contribution < 1.29 is 23.9 Å². The first-order chi connectivity index (χ1) is 27.7. The Morgan fingerprint density at radius 3 is 2.05 bits per heavy atom. The maximum Gasteiger partial charge on any atom is 0.407 e. The Hall–Kier alpha value is -5.95. The first kappa shape index (κ1) is 37.9. The van der Waals surface area contributed by atoms with Gasteiger partial charge in [-0.15, -0.1) is 0 Å². The quantitative estimate of drug-likeness (QED) is 0.0882. The molecule has 3 aromatic carbocycles. The average Bonchev–Trinajstić information content (AvgIpc) is 4.10. The summed E-state index contributed by atoms with van der Waals surface area (Å²) in [7, 11) is 2.77. The number of nitrogen functional groups attached to an aromatic ring is 1. The van der Waals surface area contributed by atoms with Crippen molar-refractivity contribution in [1.29, 1.82) is 0 Å². The third-order valence-electron chi connectivity index (χ3n) is 12.3. The predicted octanol–water partition coefficient (Wildman–Crippen LogP) is 6.59. The molecule has 1 saturated heterocycles. The molecule has 3 aliphatic rings. The van der Waals surface area contributed by atoms with E-state index in [2.05, 4.69) is 74.1 Å². The number of imidazole rings is 2. The van der Waals surface area contributed by atoms with E-state index in [0.717, 1.165) is 77.1 Å². The fourth-order valence-electron chi connectivity index (χ4n) is 9.19. The SMILES string of the molecule is COC(=O)N[C@H](C(=O)N1CCC[C@H]1c1ncc(-c2ccc(-c3ccc(-c4cnc(C5C6CCC(C6)[C@@H]5C(=O)NCc5ccc(N)cc5)[nH]4)cc3)cc2)[nH]1)[C@@H](C)OC. The summed E-state index contributed by atoms with van der Waals surface area (Å²) in [5, 5.41) is 5.82. The van der Waals surface area contributed by atoms with Crippen LogP contribution < -0.4 is 16.4 Å². The standard InChI is InChI=1S/C44H50N8O5/c1-25(56-2)39(51-44(55)57-3)43(54)52-20-4-5-36(52)40-46-23-34(49-40)29-12-8-27(9-13-29)28-10-14-30(15-11-28)35-24-47-41(50-35)37-31-16-17-32(21-31)38(37)42(53)48-22-26-6-18-33(45)19-7-26/h6-15,18-19,23-25,31-32,36-39H,4-5,16-17,20-22,45H2,1-3H3,(H,46,49)(H,47,50)(H,48,53)(H,51,55)/t25-,31?,32?,36+,37?,38+,39+/m1/s1. The van der Waals surface area contributed by atoms with Crippen molar-refractivity contribution in [2.75, 3.05) is 26.5 Å². The van der Waals surface area contributed by atoms with Crippen molar-refractivity contribution in [1.82, 2.24) is 35.5 Å². The molecule has 2 bridgehead atoms. The molecule has 2 aromatic heterocycles. The van der Waals surface area contributed by atoms with Gasteiger partial charge in [-0.05, 0) is 90.8 Å². The number of aromatic nitrogens is 4. The molecule has 3 fully saturated rings. The predicted molar refractivity (Wildman–Crippen MR) is 216 cm³/mol. The Balaban J connectivity index is 0.915. The Labute approximate surface area is 332 Å². The fourth-order valence-corrected chi connectivity index (χ4v) is 9.19. The summed E-state index contributed by atoms with van der Waals surface area (Å²) in [6.45, 7) is 2.78. The van der Waals surface area contributed by atoms with Crippen LogP contribution in [0.15, 0.2) is 85.2 Å². The molecule has 13 nitrogen and oxygen atoms in total. The number of hydrogen-bond acceptors (Lipinski definition) is 8. The van der Waals surface area contributed by atoms with Crippen LogP contribution in [0.4, 0.5) is 10.5 Å². The summed E-state index contributed by atoms with van der Waals surface area (Å²) in [5.41, 5.74) is 13.6. The van der Waals surface area contributed by atoms with Crippen molar-refractivity contribution in [2.24, 2.45) is 17.8 Å².